The van der Waals surface area contributed by atoms with E-state index in [2.05, 4.69) is 19.1 Å². The largest absolute Gasteiger partial charge is 0.390 e. The second-order valence-corrected chi connectivity index (χ2v) is 5.25. The molecule has 0 bridgehead atoms. The van der Waals surface area contributed by atoms with Crippen LogP contribution in [-0.2, 0) is 19.3 Å². The van der Waals surface area contributed by atoms with Gasteiger partial charge in [-0.05, 0) is 61.3 Å². The Balaban J connectivity index is 1.98. The summed E-state index contributed by atoms with van der Waals surface area (Å²) in [6.45, 7) is 2.21. The molecule has 1 fully saturated rings. The lowest BCUT2D eigenvalue weighted by Crippen LogP contribution is -2.12. The monoisotopic (exact) mass is 202 g/mol. The maximum Gasteiger partial charge on any atom is 0.0690 e. The van der Waals surface area contributed by atoms with Crippen molar-refractivity contribution >= 4 is 0 Å². The molecule has 1 N–H and O–H groups in total. The Kier molecular flexibility index (Phi) is 1.93. The molecule has 1 aromatic rings. The van der Waals surface area contributed by atoms with Gasteiger partial charge in [0.05, 0.1) is 5.60 Å². The van der Waals surface area contributed by atoms with Crippen molar-refractivity contribution in [2.45, 2.75) is 51.0 Å². The van der Waals surface area contributed by atoms with Crippen molar-refractivity contribution in [3.8, 4) is 0 Å². The van der Waals surface area contributed by atoms with Crippen molar-refractivity contribution in [2.24, 2.45) is 0 Å². The number of rotatable bonds is 2. The van der Waals surface area contributed by atoms with E-state index in [1.807, 2.05) is 0 Å². The summed E-state index contributed by atoms with van der Waals surface area (Å²) in [7, 11) is 0. The fraction of sp³-hybridized carbons (Fsp3) is 0.571. The predicted molar refractivity (Wildman–Crippen MR) is 61.1 cm³/mol. The van der Waals surface area contributed by atoms with E-state index in [0.717, 1.165) is 19.3 Å². The molecular formula is C14H18O. The lowest BCUT2D eigenvalue weighted by molar-refractivity contribution is 0.150. The summed E-state index contributed by atoms with van der Waals surface area (Å²) in [5.74, 6) is 0. The maximum absolute atomic E-state index is 9.98. The lowest BCUT2D eigenvalue weighted by atomic mass is 9.95. The van der Waals surface area contributed by atoms with Gasteiger partial charge in [0.25, 0.3) is 0 Å². The minimum atomic E-state index is -0.342. The van der Waals surface area contributed by atoms with Gasteiger partial charge in [0.15, 0.2) is 0 Å². The second-order valence-electron chi connectivity index (χ2n) is 5.25. The number of aryl methyl sites for hydroxylation is 1. The van der Waals surface area contributed by atoms with Crippen LogP contribution in [0.1, 0.15) is 41.5 Å². The highest BCUT2D eigenvalue weighted by molar-refractivity contribution is 5.44. The van der Waals surface area contributed by atoms with E-state index in [1.165, 1.54) is 30.4 Å². The molecule has 0 atom stereocenters. The first-order valence-electron chi connectivity index (χ1n) is 6.01. The van der Waals surface area contributed by atoms with E-state index in [1.54, 1.807) is 11.1 Å². The highest BCUT2D eigenvalue weighted by atomic mass is 16.3. The smallest absolute Gasteiger partial charge is 0.0690 e. The number of benzene rings is 1. The summed E-state index contributed by atoms with van der Waals surface area (Å²) in [4.78, 5) is 0. The predicted octanol–water partition coefficient (Wildman–Crippen LogP) is 2.55. The normalized spacial score (nSPS) is 21.5. The molecule has 15 heavy (non-hydrogen) atoms. The van der Waals surface area contributed by atoms with Crippen LogP contribution in [0.2, 0.25) is 0 Å². The molecule has 0 saturated heterocycles. The molecule has 1 nitrogen and oxygen atoms in total. The third kappa shape index (κ3) is 1.59. The van der Waals surface area contributed by atoms with Crippen LogP contribution < -0.4 is 0 Å². The Bertz CT molecular complexity index is 402. The van der Waals surface area contributed by atoms with E-state index in [9.17, 15) is 5.11 Å². The molecule has 0 aromatic heterocycles. The standard InChI is InChI=1S/C14H18O/c1-10-5-6-11(9-14(15)7-8-14)13-4-2-3-12(10)13/h5-6,15H,2-4,7-9H2,1H3. The SMILES string of the molecule is Cc1ccc(CC2(O)CC2)c2c1CCC2. The van der Waals surface area contributed by atoms with Crippen molar-refractivity contribution in [2.75, 3.05) is 0 Å². The lowest BCUT2D eigenvalue weighted by Gasteiger charge is -2.13. The van der Waals surface area contributed by atoms with Crippen LogP contribution in [0.25, 0.3) is 0 Å². The Hall–Kier alpha value is -0.820. The van der Waals surface area contributed by atoms with Gasteiger partial charge < -0.3 is 5.11 Å². The Labute approximate surface area is 91.1 Å². The molecule has 3 rings (SSSR count). The molecule has 0 heterocycles. The highest BCUT2D eigenvalue weighted by Crippen LogP contribution is 2.40. The first-order valence-corrected chi connectivity index (χ1v) is 6.01. The minimum Gasteiger partial charge on any atom is -0.390 e. The zero-order chi connectivity index (χ0) is 10.5. The first-order chi connectivity index (χ1) is 7.18. The molecule has 0 amide bonds. The molecule has 80 valence electrons. The zero-order valence-corrected chi connectivity index (χ0v) is 9.34. The number of hydrogen-bond acceptors (Lipinski definition) is 1. The van der Waals surface area contributed by atoms with Crippen LogP contribution >= 0.6 is 0 Å². The van der Waals surface area contributed by atoms with Crippen molar-refractivity contribution < 1.29 is 5.11 Å². The molecule has 1 heteroatoms. The quantitative estimate of drug-likeness (QED) is 0.781. The average molecular weight is 202 g/mol. The zero-order valence-electron chi connectivity index (χ0n) is 9.34. The molecule has 2 aliphatic carbocycles. The number of aliphatic hydroxyl groups is 1. The second kappa shape index (κ2) is 3.08. The van der Waals surface area contributed by atoms with Crippen LogP contribution in [-0.4, -0.2) is 10.7 Å². The van der Waals surface area contributed by atoms with Gasteiger partial charge in [-0.1, -0.05) is 12.1 Å². The fourth-order valence-corrected chi connectivity index (χ4v) is 2.80. The van der Waals surface area contributed by atoms with Crippen molar-refractivity contribution in [1.29, 1.82) is 0 Å². The Morgan fingerprint density at radius 3 is 2.67 bits per heavy atom. The van der Waals surface area contributed by atoms with Crippen LogP contribution in [0.15, 0.2) is 12.1 Å². The molecule has 1 saturated carbocycles. The molecular weight excluding hydrogens is 184 g/mol. The van der Waals surface area contributed by atoms with Gasteiger partial charge in [0.1, 0.15) is 0 Å². The minimum absolute atomic E-state index is 0.342. The molecule has 1 aromatic carbocycles. The van der Waals surface area contributed by atoms with Crippen LogP contribution in [0.4, 0.5) is 0 Å². The summed E-state index contributed by atoms with van der Waals surface area (Å²) >= 11 is 0. The van der Waals surface area contributed by atoms with Gasteiger partial charge in [-0.15, -0.1) is 0 Å². The maximum atomic E-state index is 9.98. The first kappa shape index (κ1) is 9.41. The van der Waals surface area contributed by atoms with Gasteiger partial charge >= 0.3 is 0 Å². The van der Waals surface area contributed by atoms with Crippen LogP contribution in [0.5, 0.6) is 0 Å². The third-order valence-corrected chi connectivity index (χ3v) is 3.96. The number of fused-ring (bicyclic) bond motifs is 1. The topological polar surface area (TPSA) is 20.2 Å². The van der Waals surface area contributed by atoms with Gasteiger partial charge in [0, 0.05) is 6.42 Å². The average Bonchev–Trinajstić information content (AvgIpc) is 2.77. The van der Waals surface area contributed by atoms with Gasteiger partial charge in [-0.3, -0.25) is 0 Å². The summed E-state index contributed by atoms with van der Waals surface area (Å²) in [6, 6.07) is 4.46. The third-order valence-electron chi connectivity index (χ3n) is 3.96. The summed E-state index contributed by atoms with van der Waals surface area (Å²) in [5, 5.41) is 9.98. The fourth-order valence-electron chi connectivity index (χ4n) is 2.80. The summed E-state index contributed by atoms with van der Waals surface area (Å²) < 4.78 is 0. The van der Waals surface area contributed by atoms with Crippen molar-refractivity contribution in [3.05, 3.63) is 34.4 Å². The summed E-state index contributed by atoms with van der Waals surface area (Å²) in [6.07, 6.45) is 6.64. The van der Waals surface area contributed by atoms with E-state index in [-0.39, 0.29) is 5.60 Å². The van der Waals surface area contributed by atoms with Crippen LogP contribution in [0.3, 0.4) is 0 Å². The van der Waals surface area contributed by atoms with Crippen LogP contribution in [0, 0.1) is 6.92 Å². The molecule has 0 aliphatic heterocycles. The van der Waals surface area contributed by atoms with E-state index < -0.39 is 0 Å². The van der Waals surface area contributed by atoms with E-state index in [0.29, 0.717) is 0 Å². The molecule has 0 spiro atoms. The van der Waals surface area contributed by atoms with Crippen molar-refractivity contribution in [1.82, 2.24) is 0 Å². The molecule has 0 unspecified atom stereocenters. The number of hydrogen-bond donors (Lipinski definition) is 1. The highest BCUT2D eigenvalue weighted by Gasteiger charge is 2.40. The Morgan fingerprint density at radius 2 is 1.93 bits per heavy atom. The molecule has 0 radical (unpaired) electrons. The van der Waals surface area contributed by atoms with Crippen molar-refractivity contribution in [3.63, 3.8) is 0 Å². The van der Waals surface area contributed by atoms with Gasteiger partial charge in [0.2, 0.25) is 0 Å². The molecule has 2 aliphatic rings. The van der Waals surface area contributed by atoms with Gasteiger partial charge in [-0.2, -0.15) is 0 Å². The summed E-state index contributed by atoms with van der Waals surface area (Å²) in [5.41, 5.74) is 5.63. The van der Waals surface area contributed by atoms with E-state index >= 15 is 0 Å². The van der Waals surface area contributed by atoms with Gasteiger partial charge in [-0.25, -0.2) is 0 Å². The van der Waals surface area contributed by atoms with E-state index in [4.69, 9.17) is 0 Å². The Morgan fingerprint density at radius 1 is 1.20 bits per heavy atom.